The van der Waals surface area contributed by atoms with E-state index in [4.69, 9.17) is 4.74 Å². The van der Waals surface area contributed by atoms with Gasteiger partial charge in [0.1, 0.15) is 0 Å². The van der Waals surface area contributed by atoms with Crippen molar-refractivity contribution < 1.29 is 24.5 Å². The van der Waals surface area contributed by atoms with Crippen LogP contribution in [0.4, 0.5) is 0 Å². The zero-order chi connectivity index (χ0) is 25.2. The summed E-state index contributed by atoms with van der Waals surface area (Å²) in [6, 6.07) is 9.62. The SMILES string of the molecule is C=C1[C@@H](C)[C@H]2[C@H](Cc3ccccc3)NC(=O)[C@]23OC(=O)/C=C\C[C@@H](O)CC[C@@H](C)C/C=C/[C@@H]3[C@@H]1O. The molecule has 1 saturated carbocycles. The van der Waals surface area contributed by atoms with Gasteiger partial charge in [-0.15, -0.1) is 0 Å². The number of aliphatic hydroxyl groups is 2. The van der Waals surface area contributed by atoms with Crippen molar-refractivity contribution >= 4 is 11.9 Å². The highest BCUT2D eigenvalue weighted by Crippen LogP contribution is 2.52. The van der Waals surface area contributed by atoms with Crippen LogP contribution in [0.15, 0.2) is 66.8 Å². The van der Waals surface area contributed by atoms with Crippen molar-refractivity contribution in [2.45, 2.75) is 69.8 Å². The average Bonchev–Trinajstić information content (AvgIpc) is 3.09. The van der Waals surface area contributed by atoms with Crippen LogP contribution in [0.25, 0.3) is 0 Å². The number of carbonyl (C=O) groups is 2. The fourth-order valence-electron chi connectivity index (χ4n) is 6.05. The molecule has 188 valence electrons. The molecule has 6 heteroatoms. The minimum absolute atomic E-state index is 0.251. The second-order valence-corrected chi connectivity index (χ2v) is 10.5. The summed E-state index contributed by atoms with van der Waals surface area (Å²) in [6.45, 7) is 8.25. The van der Waals surface area contributed by atoms with Crippen molar-refractivity contribution in [3.8, 4) is 0 Å². The second kappa shape index (κ2) is 10.5. The molecule has 3 aliphatic rings. The maximum absolute atomic E-state index is 13.7. The summed E-state index contributed by atoms with van der Waals surface area (Å²) in [5.74, 6) is -2.08. The molecule has 0 radical (unpaired) electrons. The molecule has 1 spiro atoms. The predicted molar refractivity (Wildman–Crippen MR) is 134 cm³/mol. The standard InChI is InChI=1S/C29H37NO5/c1-18-9-7-13-23-27(33)20(3)19(2)26-24(17-21-10-5-4-6-11-21)30-28(34)29(23,26)35-25(32)14-8-12-22(31)16-15-18/h4-8,10-11,13-14,18-19,22-24,26-27,31,33H,3,9,12,15-17H2,1-2H3,(H,30,34)/b13-7+,14-8-/t18-,19+,22+,23+,24-,26-,27+,29+/m0/s1. The molecule has 2 aliphatic heterocycles. The summed E-state index contributed by atoms with van der Waals surface area (Å²) < 4.78 is 6.07. The minimum atomic E-state index is -1.55. The van der Waals surface area contributed by atoms with Crippen LogP contribution in [0.1, 0.15) is 45.1 Å². The van der Waals surface area contributed by atoms with Gasteiger partial charge in [-0.25, -0.2) is 4.79 Å². The van der Waals surface area contributed by atoms with Crippen molar-refractivity contribution in [3.05, 3.63) is 72.4 Å². The Kier molecular flexibility index (Phi) is 7.62. The van der Waals surface area contributed by atoms with E-state index in [-0.39, 0.29) is 17.9 Å². The summed E-state index contributed by atoms with van der Waals surface area (Å²) >= 11 is 0. The van der Waals surface area contributed by atoms with Crippen LogP contribution in [0.2, 0.25) is 0 Å². The Morgan fingerprint density at radius 2 is 1.83 bits per heavy atom. The van der Waals surface area contributed by atoms with E-state index in [1.54, 1.807) is 6.08 Å². The molecule has 3 N–H and O–H groups in total. The van der Waals surface area contributed by atoms with Crippen LogP contribution < -0.4 is 5.32 Å². The topological polar surface area (TPSA) is 95.9 Å². The summed E-state index contributed by atoms with van der Waals surface area (Å²) in [5, 5.41) is 24.7. The Labute approximate surface area is 207 Å². The third-order valence-electron chi connectivity index (χ3n) is 8.04. The Morgan fingerprint density at radius 3 is 2.57 bits per heavy atom. The first-order chi connectivity index (χ1) is 16.7. The van der Waals surface area contributed by atoms with Crippen LogP contribution in [0.5, 0.6) is 0 Å². The molecule has 0 bridgehead atoms. The summed E-state index contributed by atoms with van der Waals surface area (Å²) in [6.07, 6.45) is 8.32. The molecule has 8 atom stereocenters. The number of carbonyl (C=O) groups excluding carboxylic acids is 2. The van der Waals surface area contributed by atoms with Crippen molar-refractivity contribution in [3.63, 3.8) is 0 Å². The van der Waals surface area contributed by atoms with E-state index in [1.807, 2.05) is 49.4 Å². The van der Waals surface area contributed by atoms with Gasteiger partial charge in [-0.2, -0.15) is 0 Å². The van der Waals surface area contributed by atoms with Crippen molar-refractivity contribution in [2.24, 2.45) is 23.7 Å². The number of allylic oxidation sites excluding steroid dienone is 1. The summed E-state index contributed by atoms with van der Waals surface area (Å²) in [4.78, 5) is 26.7. The van der Waals surface area contributed by atoms with Crippen molar-refractivity contribution in [2.75, 3.05) is 0 Å². The zero-order valence-electron chi connectivity index (χ0n) is 20.6. The van der Waals surface area contributed by atoms with E-state index in [0.29, 0.717) is 30.8 Å². The van der Waals surface area contributed by atoms with Gasteiger partial charge < -0.3 is 20.3 Å². The molecule has 1 aliphatic carbocycles. The Morgan fingerprint density at radius 1 is 1.09 bits per heavy atom. The molecule has 1 aromatic rings. The fraction of sp³-hybridized carbons (Fsp3) is 0.517. The molecule has 0 unspecified atom stereocenters. The molecule has 4 rings (SSSR count). The number of ether oxygens (including phenoxy) is 1. The van der Waals surface area contributed by atoms with Crippen LogP contribution in [-0.2, 0) is 20.7 Å². The largest absolute Gasteiger partial charge is 0.445 e. The van der Waals surface area contributed by atoms with E-state index < -0.39 is 35.6 Å². The fourth-order valence-corrected chi connectivity index (χ4v) is 6.05. The molecule has 0 aromatic heterocycles. The number of hydrogen-bond donors (Lipinski definition) is 3. The van der Waals surface area contributed by atoms with E-state index >= 15 is 0 Å². The van der Waals surface area contributed by atoms with Crippen LogP contribution >= 0.6 is 0 Å². The Bertz CT molecular complexity index is 1000. The molecular weight excluding hydrogens is 442 g/mol. The molecular formula is C29H37NO5. The third kappa shape index (κ3) is 5.00. The van der Waals surface area contributed by atoms with Gasteiger partial charge in [0, 0.05) is 18.0 Å². The molecule has 1 aromatic carbocycles. The van der Waals surface area contributed by atoms with Gasteiger partial charge in [-0.05, 0) is 55.1 Å². The smallest absolute Gasteiger partial charge is 0.331 e. The number of rotatable bonds is 2. The summed E-state index contributed by atoms with van der Waals surface area (Å²) in [5.41, 5.74) is 0.170. The average molecular weight is 480 g/mol. The maximum Gasteiger partial charge on any atom is 0.331 e. The lowest BCUT2D eigenvalue weighted by molar-refractivity contribution is -0.182. The highest BCUT2D eigenvalue weighted by Gasteiger charge is 2.67. The van der Waals surface area contributed by atoms with E-state index in [2.05, 4.69) is 18.8 Å². The predicted octanol–water partition coefficient (Wildman–Crippen LogP) is 3.49. The van der Waals surface area contributed by atoms with Crippen molar-refractivity contribution in [1.82, 2.24) is 5.32 Å². The van der Waals surface area contributed by atoms with Gasteiger partial charge in [0.2, 0.25) is 5.60 Å². The number of hydrogen-bond acceptors (Lipinski definition) is 5. The van der Waals surface area contributed by atoms with Gasteiger partial charge in [-0.1, -0.05) is 69.0 Å². The van der Waals surface area contributed by atoms with Crippen LogP contribution in [0.3, 0.4) is 0 Å². The lowest BCUT2D eigenvalue weighted by atomic mass is 9.59. The first-order valence-electron chi connectivity index (χ1n) is 12.7. The van der Waals surface area contributed by atoms with Crippen LogP contribution in [-0.4, -0.2) is 45.9 Å². The maximum atomic E-state index is 13.7. The molecule has 35 heavy (non-hydrogen) atoms. The number of aliphatic hydroxyl groups excluding tert-OH is 2. The molecule has 2 fully saturated rings. The van der Waals surface area contributed by atoms with Crippen molar-refractivity contribution in [1.29, 1.82) is 0 Å². The monoisotopic (exact) mass is 479 g/mol. The second-order valence-electron chi connectivity index (χ2n) is 10.5. The zero-order valence-corrected chi connectivity index (χ0v) is 20.6. The van der Waals surface area contributed by atoms with E-state index in [1.165, 1.54) is 6.08 Å². The lowest BCUT2D eigenvalue weighted by Crippen LogP contribution is -2.61. The Balaban J connectivity index is 1.77. The number of esters is 1. The Hall–Kier alpha value is -2.70. The highest BCUT2D eigenvalue weighted by atomic mass is 16.6. The molecule has 1 amide bonds. The number of amides is 1. The summed E-state index contributed by atoms with van der Waals surface area (Å²) in [7, 11) is 0. The lowest BCUT2D eigenvalue weighted by Gasteiger charge is -2.49. The van der Waals surface area contributed by atoms with Gasteiger partial charge in [0.05, 0.1) is 18.1 Å². The molecule has 2 heterocycles. The molecule has 6 nitrogen and oxygen atoms in total. The van der Waals surface area contributed by atoms with Gasteiger partial charge in [-0.3, -0.25) is 4.79 Å². The van der Waals surface area contributed by atoms with Gasteiger partial charge in [0.25, 0.3) is 5.91 Å². The highest BCUT2D eigenvalue weighted by molar-refractivity contribution is 5.94. The minimum Gasteiger partial charge on any atom is -0.445 e. The van der Waals surface area contributed by atoms with Gasteiger partial charge in [0.15, 0.2) is 0 Å². The first kappa shape index (κ1) is 25.4. The number of nitrogens with one attached hydrogen (secondary N) is 1. The van der Waals surface area contributed by atoms with Crippen LogP contribution in [0, 0.1) is 23.7 Å². The van der Waals surface area contributed by atoms with Gasteiger partial charge >= 0.3 is 5.97 Å². The normalized spacial score (nSPS) is 40.0. The van der Waals surface area contributed by atoms with E-state index in [0.717, 1.165) is 18.4 Å². The number of benzene rings is 1. The molecule has 1 saturated heterocycles. The van der Waals surface area contributed by atoms with E-state index in [9.17, 15) is 19.8 Å². The third-order valence-corrected chi connectivity index (χ3v) is 8.04. The first-order valence-corrected chi connectivity index (χ1v) is 12.7. The quantitative estimate of drug-likeness (QED) is 0.446.